The number of benzene rings is 1. The highest BCUT2D eigenvalue weighted by Crippen LogP contribution is 2.34. The van der Waals surface area contributed by atoms with Crippen LogP contribution in [0.15, 0.2) is 53.1 Å². The quantitative estimate of drug-likeness (QED) is 0.737. The summed E-state index contributed by atoms with van der Waals surface area (Å²) in [4.78, 5) is 11.4. The second-order valence-corrected chi connectivity index (χ2v) is 5.82. The molecule has 1 fully saturated rings. The molecule has 0 spiro atoms. The molecule has 1 saturated heterocycles. The normalized spacial score (nSPS) is 17.6. The number of rotatable bonds is 3. The minimum absolute atomic E-state index is 0.219. The van der Waals surface area contributed by atoms with E-state index in [-0.39, 0.29) is 6.04 Å². The van der Waals surface area contributed by atoms with Gasteiger partial charge in [0.15, 0.2) is 0 Å². The van der Waals surface area contributed by atoms with Gasteiger partial charge in [0.1, 0.15) is 0 Å². The third-order valence-electron chi connectivity index (χ3n) is 4.20. The molecule has 3 heterocycles. The monoisotopic (exact) mass is 306 g/mol. The lowest BCUT2D eigenvalue weighted by molar-refractivity contribution is 0.428. The van der Waals surface area contributed by atoms with Crippen LogP contribution in [0.3, 0.4) is 0 Å². The highest BCUT2D eigenvalue weighted by atomic mass is 16.5. The molecule has 0 bridgehead atoms. The van der Waals surface area contributed by atoms with Crippen molar-refractivity contribution in [1.29, 1.82) is 0 Å². The Morgan fingerprint density at radius 2 is 1.91 bits per heavy atom. The van der Waals surface area contributed by atoms with E-state index in [0.717, 1.165) is 36.3 Å². The predicted octanol–water partition coefficient (Wildman–Crippen LogP) is 3.78. The standard InChI is InChI=1S/C18H18N4O/c1-13-7-5-10-15(19-13)16-11-6-12-22(16)18-20-17(23-21-18)14-8-3-2-4-9-14/h2-5,7-10,16H,6,11-12H2,1H3/t16-/m0/s1. The summed E-state index contributed by atoms with van der Waals surface area (Å²) in [5.41, 5.74) is 3.05. The van der Waals surface area contributed by atoms with Gasteiger partial charge in [-0.2, -0.15) is 4.98 Å². The van der Waals surface area contributed by atoms with Crippen LogP contribution in [0.2, 0.25) is 0 Å². The molecule has 0 amide bonds. The summed E-state index contributed by atoms with van der Waals surface area (Å²) in [5.74, 6) is 1.21. The number of aromatic nitrogens is 3. The molecule has 23 heavy (non-hydrogen) atoms. The molecule has 0 radical (unpaired) electrons. The molecule has 1 aliphatic heterocycles. The van der Waals surface area contributed by atoms with Crippen LogP contribution in [0.4, 0.5) is 5.95 Å². The van der Waals surface area contributed by atoms with E-state index in [1.54, 1.807) is 0 Å². The zero-order valence-corrected chi connectivity index (χ0v) is 13.0. The maximum absolute atomic E-state index is 5.45. The molecule has 5 heteroatoms. The van der Waals surface area contributed by atoms with Crippen LogP contribution in [0.25, 0.3) is 11.5 Å². The molecule has 0 aliphatic carbocycles. The molecule has 1 aromatic carbocycles. The summed E-state index contributed by atoms with van der Waals surface area (Å²) < 4.78 is 5.45. The molecule has 4 rings (SSSR count). The Bertz CT molecular complexity index is 800. The van der Waals surface area contributed by atoms with Crippen LogP contribution < -0.4 is 4.90 Å². The Morgan fingerprint density at radius 1 is 1.04 bits per heavy atom. The number of aryl methyl sites for hydroxylation is 1. The first-order valence-corrected chi connectivity index (χ1v) is 7.90. The fraction of sp³-hybridized carbons (Fsp3) is 0.278. The number of anilines is 1. The molecule has 0 saturated carbocycles. The van der Waals surface area contributed by atoms with Crippen LogP contribution in [0, 0.1) is 6.92 Å². The van der Waals surface area contributed by atoms with Crippen molar-refractivity contribution in [1.82, 2.24) is 15.1 Å². The average molecular weight is 306 g/mol. The highest BCUT2D eigenvalue weighted by molar-refractivity contribution is 5.54. The molecule has 0 unspecified atom stereocenters. The lowest BCUT2D eigenvalue weighted by Gasteiger charge is -2.22. The van der Waals surface area contributed by atoms with Crippen LogP contribution >= 0.6 is 0 Å². The minimum Gasteiger partial charge on any atom is -0.332 e. The predicted molar refractivity (Wildman–Crippen MR) is 88.0 cm³/mol. The van der Waals surface area contributed by atoms with Crippen molar-refractivity contribution < 1.29 is 4.52 Å². The van der Waals surface area contributed by atoms with Crippen molar-refractivity contribution in [2.75, 3.05) is 11.4 Å². The molecular weight excluding hydrogens is 288 g/mol. The van der Waals surface area contributed by atoms with E-state index in [9.17, 15) is 0 Å². The molecular formula is C18H18N4O. The van der Waals surface area contributed by atoms with Crippen LogP contribution in [-0.2, 0) is 0 Å². The van der Waals surface area contributed by atoms with Crippen molar-refractivity contribution in [2.24, 2.45) is 0 Å². The average Bonchev–Trinajstić information content (AvgIpc) is 3.25. The van der Waals surface area contributed by atoms with Gasteiger partial charge in [0.05, 0.1) is 11.7 Å². The Labute approximate surface area is 135 Å². The third-order valence-corrected chi connectivity index (χ3v) is 4.20. The Hall–Kier alpha value is -2.69. The maximum Gasteiger partial charge on any atom is 0.266 e. The summed E-state index contributed by atoms with van der Waals surface area (Å²) in [6, 6.07) is 16.2. The zero-order chi connectivity index (χ0) is 15.6. The SMILES string of the molecule is Cc1cccc([C@@H]2CCCN2c2noc(-c3ccccc3)n2)n1. The maximum atomic E-state index is 5.45. The van der Waals surface area contributed by atoms with Crippen molar-refractivity contribution >= 4 is 5.95 Å². The molecule has 116 valence electrons. The summed E-state index contributed by atoms with van der Waals surface area (Å²) >= 11 is 0. The van der Waals surface area contributed by atoms with Gasteiger partial charge in [-0.3, -0.25) is 4.98 Å². The lowest BCUT2D eigenvalue weighted by atomic mass is 10.1. The molecule has 1 aliphatic rings. The minimum atomic E-state index is 0.219. The Balaban J connectivity index is 1.63. The summed E-state index contributed by atoms with van der Waals surface area (Å²) in [6.45, 7) is 2.94. The van der Waals surface area contributed by atoms with E-state index in [1.807, 2.05) is 43.3 Å². The molecule has 0 N–H and O–H groups in total. The van der Waals surface area contributed by atoms with Gasteiger partial charge in [0.2, 0.25) is 0 Å². The van der Waals surface area contributed by atoms with Crippen LogP contribution in [0.1, 0.15) is 30.3 Å². The van der Waals surface area contributed by atoms with Gasteiger partial charge in [-0.05, 0) is 49.2 Å². The Morgan fingerprint density at radius 3 is 2.74 bits per heavy atom. The van der Waals surface area contributed by atoms with Crippen molar-refractivity contribution in [3.8, 4) is 11.5 Å². The lowest BCUT2D eigenvalue weighted by Crippen LogP contribution is -2.24. The van der Waals surface area contributed by atoms with E-state index in [4.69, 9.17) is 4.52 Å². The zero-order valence-electron chi connectivity index (χ0n) is 13.0. The summed E-state index contributed by atoms with van der Waals surface area (Å²) in [6.07, 6.45) is 2.17. The Kier molecular flexibility index (Phi) is 3.54. The largest absolute Gasteiger partial charge is 0.332 e. The number of nitrogens with zero attached hydrogens (tertiary/aromatic N) is 4. The number of hydrogen-bond acceptors (Lipinski definition) is 5. The first-order chi connectivity index (χ1) is 11.3. The number of pyridine rings is 1. The van der Waals surface area contributed by atoms with Gasteiger partial charge in [0.25, 0.3) is 11.8 Å². The molecule has 1 atom stereocenters. The first kappa shape index (κ1) is 13.9. The van der Waals surface area contributed by atoms with Gasteiger partial charge < -0.3 is 9.42 Å². The second kappa shape index (κ2) is 5.83. The molecule has 2 aromatic heterocycles. The topological polar surface area (TPSA) is 55.1 Å². The van der Waals surface area contributed by atoms with E-state index in [2.05, 4.69) is 32.2 Å². The highest BCUT2D eigenvalue weighted by Gasteiger charge is 2.30. The van der Waals surface area contributed by atoms with E-state index in [1.165, 1.54) is 0 Å². The van der Waals surface area contributed by atoms with Crippen molar-refractivity contribution in [3.05, 3.63) is 59.9 Å². The van der Waals surface area contributed by atoms with E-state index in [0.29, 0.717) is 11.8 Å². The summed E-state index contributed by atoms with van der Waals surface area (Å²) in [5, 5.41) is 4.18. The van der Waals surface area contributed by atoms with E-state index < -0.39 is 0 Å². The van der Waals surface area contributed by atoms with Crippen LogP contribution in [-0.4, -0.2) is 21.7 Å². The molecule has 5 nitrogen and oxygen atoms in total. The van der Waals surface area contributed by atoms with Crippen LogP contribution in [0.5, 0.6) is 0 Å². The third kappa shape index (κ3) is 2.70. The number of hydrogen-bond donors (Lipinski definition) is 0. The van der Waals surface area contributed by atoms with Crippen molar-refractivity contribution in [3.63, 3.8) is 0 Å². The van der Waals surface area contributed by atoms with Gasteiger partial charge in [-0.15, -0.1) is 0 Å². The molecule has 3 aromatic rings. The van der Waals surface area contributed by atoms with Gasteiger partial charge in [-0.1, -0.05) is 24.3 Å². The fourth-order valence-electron chi connectivity index (χ4n) is 3.09. The fourth-order valence-corrected chi connectivity index (χ4v) is 3.09. The first-order valence-electron chi connectivity index (χ1n) is 7.90. The van der Waals surface area contributed by atoms with Gasteiger partial charge in [-0.25, -0.2) is 0 Å². The van der Waals surface area contributed by atoms with Gasteiger partial charge >= 0.3 is 0 Å². The second-order valence-electron chi connectivity index (χ2n) is 5.82. The summed E-state index contributed by atoms with van der Waals surface area (Å²) in [7, 11) is 0. The smallest absolute Gasteiger partial charge is 0.266 e. The van der Waals surface area contributed by atoms with Gasteiger partial charge in [0, 0.05) is 17.8 Å². The van der Waals surface area contributed by atoms with Crippen molar-refractivity contribution in [2.45, 2.75) is 25.8 Å². The van der Waals surface area contributed by atoms with E-state index >= 15 is 0 Å².